The van der Waals surface area contributed by atoms with E-state index in [0.29, 0.717) is 0 Å². The van der Waals surface area contributed by atoms with Crippen LogP contribution in [0.3, 0.4) is 0 Å². The van der Waals surface area contributed by atoms with Crippen LogP contribution in [0.15, 0.2) is 53.9 Å². The average Bonchev–Trinajstić information content (AvgIpc) is 2.90. The van der Waals surface area contributed by atoms with E-state index >= 15 is 0 Å². The Bertz CT molecular complexity index is 747. The summed E-state index contributed by atoms with van der Waals surface area (Å²) in [5.41, 5.74) is 10.4. The molecular formula is C19H21NS. The minimum Gasteiger partial charge on any atom is -0.320 e. The van der Waals surface area contributed by atoms with Crippen LogP contribution in [0.5, 0.6) is 0 Å². The van der Waals surface area contributed by atoms with Crippen molar-refractivity contribution in [1.82, 2.24) is 0 Å². The quantitative estimate of drug-likeness (QED) is 0.687. The van der Waals surface area contributed by atoms with Gasteiger partial charge in [0.15, 0.2) is 0 Å². The predicted octanol–water partition coefficient (Wildman–Crippen LogP) is 5.25. The molecule has 21 heavy (non-hydrogen) atoms. The summed E-state index contributed by atoms with van der Waals surface area (Å²) in [6.07, 6.45) is 0. The topological polar surface area (TPSA) is 26.0 Å². The highest BCUT2D eigenvalue weighted by molar-refractivity contribution is 7.17. The zero-order chi connectivity index (χ0) is 15.0. The smallest absolute Gasteiger partial charge is 0.0566 e. The lowest BCUT2D eigenvalue weighted by Crippen LogP contribution is -2.14. The van der Waals surface area contributed by atoms with Crippen LogP contribution in [-0.2, 0) is 5.41 Å². The first-order valence-corrected chi connectivity index (χ1v) is 8.17. The molecule has 0 radical (unpaired) electrons. The van der Waals surface area contributed by atoms with Gasteiger partial charge in [-0.05, 0) is 38.9 Å². The van der Waals surface area contributed by atoms with Gasteiger partial charge in [-0.3, -0.25) is 0 Å². The number of benzene rings is 2. The number of hydrogen-bond donors (Lipinski definition) is 1. The van der Waals surface area contributed by atoms with E-state index in [1.54, 1.807) is 11.3 Å². The molecule has 108 valence electrons. The van der Waals surface area contributed by atoms with E-state index in [1.165, 1.54) is 26.8 Å². The summed E-state index contributed by atoms with van der Waals surface area (Å²) in [6.45, 7) is 6.69. The molecule has 3 rings (SSSR count). The number of thiophene rings is 1. The maximum Gasteiger partial charge on any atom is 0.0566 e. The zero-order valence-corrected chi connectivity index (χ0v) is 13.6. The van der Waals surface area contributed by atoms with Crippen LogP contribution in [0, 0.1) is 0 Å². The van der Waals surface area contributed by atoms with Gasteiger partial charge in [-0.1, -0.05) is 63.2 Å². The minimum absolute atomic E-state index is 0.0600. The molecule has 2 aromatic carbocycles. The van der Waals surface area contributed by atoms with E-state index in [2.05, 4.69) is 74.7 Å². The second kappa shape index (κ2) is 5.28. The highest BCUT2D eigenvalue weighted by Gasteiger charge is 2.16. The Balaban J connectivity index is 1.97. The maximum atomic E-state index is 6.49. The van der Waals surface area contributed by atoms with Crippen molar-refractivity contribution in [1.29, 1.82) is 0 Å². The van der Waals surface area contributed by atoms with E-state index < -0.39 is 0 Å². The average molecular weight is 295 g/mol. The Hall–Kier alpha value is -1.64. The minimum atomic E-state index is -0.0600. The SMILES string of the molecule is CC(C)(C)c1ccc(C(N)c2csc3ccccc23)cc1. The van der Waals surface area contributed by atoms with Crippen LogP contribution in [0.1, 0.15) is 43.5 Å². The molecule has 0 bridgehead atoms. The second-order valence-electron chi connectivity index (χ2n) is 6.54. The molecule has 2 N–H and O–H groups in total. The highest BCUT2D eigenvalue weighted by Crippen LogP contribution is 2.33. The van der Waals surface area contributed by atoms with Crippen LogP contribution < -0.4 is 5.73 Å². The van der Waals surface area contributed by atoms with Crippen molar-refractivity contribution >= 4 is 21.4 Å². The predicted molar refractivity (Wildman–Crippen MR) is 93.0 cm³/mol. The third kappa shape index (κ3) is 2.74. The third-order valence-electron chi connectivity index (χ3n) is 3.98. The fraction of sp³-hybridized carbons (Fsp3) is 0.263. The van der Waals surface area contributed by atoms with Gasteiger partial charge >= 0.3 is 0 Å². The van der Waals surface area contributed by atoms with Crippen LogP contribution in [-0.4, -0.2) is 0 Å². The molecule has 1 heterocycles. The molecule has 0 aliphatic heterocycles. The van der Waals surface area contributed by atoms with Crippen molar-refractivity contribution in [2.24, 2.45) is 5.73 Å². The number of rotatable bonds is 2. The maximum absolute atomic E-state index is 6.49. The molecule has 2 heteroatoms. The largest absolute Gasteiger partial charge is 0.320 e. The fourth-order valence-electron chi connectivity index (χ4n) is 2.61. The van der Waals surface area contributed by atoms with Gasteiger partial charge in [0, 0.05) is 4.70 Å². The summed E-state index contributed by atoms with van der Waals surface area (Å²) < 4.78 is 1.30. The molecule has 0 amide bonds. The first-order valence-electron chi connectivity index (χ1n) is 7.29. The van der Waals surface area contributed by atoms with Crippen molar-refractivity contribution in [3.8, 4) is 0 Å². The summed E-state index contributed by atoms with van der Waals surface area (Å²) >= 11 is 1.76. The van der Waals surface area contributed by atoms with Gasteiger partial charge in [0.05, 0.1) is 6.04 Å². The summed E-state index contributed by atoms with van der Waals surface area (Å²) in [4.78, 5) is 0. The third-order valence-corrected chi connectivity index (χ3v) is 4.96. The van der Waals surface area contributed by atoms with E-state index in [0.717, 1.165) is 0 Å². The van der Waals surface area contributed by atoms with Crippen molar-refractivity contribution in [2.75, 3.05) is 0 Å². The second-order valence-corrected chi connectivity index (χ2v) is 7.45. The zero-order valence-electron chi connectivity index (χ0n) is 12.8. The molecule has 0 spiro atoms. The van der Waals surface area contributed by atoms with Gasteiger partial charge in [0.25, 0.3) is 0 Å². The van der Waals surface area contributed by atoms with Gasteiger partial charge < -0.3 is 5.73 Å². The molecule has 0 aliphatic rings. The van der Waals surface area contributed by atoms with Gasteiger partial charge in [-0.2, -0.15) is 0 Å². The van der Waals surface area contributed by atoms with Crippen molar-refractivity contribution in [3.05, 3.63) is 70.6 Å². The summed E-state index contributed by atoms with van der Waals surface area (Å²) in [6, 6.07) is 17.1. The molecule has 1 aromatic heterocycles. The molecule has 0 saturated carbocycles. The molecule has 1 nitrogen and oxygen atoms in total. The molecule has 0 aliphatic carbocycles. The van der Waals surface area contributed by atoms with Crippen LogP contribution in [0.4, 0.5) is 0 Å². The Labute approximate surface area is 130 Å². The van der Waals surface area contributed by atoms with Crippen molar-refractivity contribution < 1.29 is 0 Å². The van der Waals surface area contributed by atoms with Gasteiger partial charge in [0.2, 0.25) is 0 Å². The Morgan fingerprint density at radius 1 is 0.952 bits per heavy atom. The van der Waals surface area contributed by atoms with Crippen molar-refractivity contribution in [2.45, 2.75) is 32.2 Å². The van der Waals surface area contributed by atoms with Crippen molar-refractivity contribution in [3.63, 3.8) is 0 Å². The van der Waals surface area contributed by atoms with E-state index in [-0.39, 0.29) is 11.5 Å². The Morgan fingerprint density at radius 2 is 1.62 bits per heavy atom. The van der Waals surface area contributed by atoms with Gasteiger partial charge in [-0.25, -0.2) is 0 Å². The Kier molecular flexibility index (Phi) is 3.60. The summed E-state index contributed by atoms with van der Waals surface area (Å²) in [5.74, 6) is 0. The highest BCUT2D eigenvalue weighted by atomic mass is 32.1. The summed E-state index contributed by atoms with van der Waals surface area (Å²) in [5, 5.41) is 3.46. The number of hydrogen-bond acceptors (Lipinski definition) is 2. The normalized spacial score (nSPS) is 13.5. The number of fused-ring (bicyclic) bond motifs is 1. The van der Waals surface area contributed by atoms with Crippen LogP contribution >= 0.6 is 11.3 Å². The molecule has 0 fully saturated rings. The van der Waals surface area contributed by atoms with Crippen LogP contribution in [0.25, 0.3) is 10.1 Å². The monoisotopic (exact) mass is 295 g/mol. The molecule has 1 atom stereocenters. The molecule has 0 saturated heterocycles. The first kappa shape index (κ1) is 14.3. The lowest BCUT2D eigenvalue weighted by molar-refractivity contribution is 0.590. The fourth-order valence-corrected chi connectivity index (χ4v) is 3.61. The first-order chi connectivity index (χ1) is 9.97. The standard InChI is InChI=1S/C19H21NS/c1-19(2,3)14-10-8-13(9-11-14)18(20)16-12-21-17-7-5-4-6-15(16)17/h4-12,18H,20H2,1-3H3. The van der Waals surface area contributed by atoms with Crippen LogP contribution in [0.2, 0.25) is 0 Å². The van der Waals surface area contributed by atoms with E-state index in [9.17, 15) is 0 Å². The summed E-state index contributed by atoms with van der Waals surface area (Å²) in [7, 11) is 0. The van der Waals surface area contributed by atoms with Gasteiger partial charge in [0.1, 0.15) is 0 Å². The molecule has 3 aromatic rings. The Morgan fingerprint density at radius 3 is 2.29 bits per heavy atom. The molecule has 1 unspecified atom stereocenters. The lowest BCUT2D eigenvalue weighted by Gasteiger charge is -2.20. The lowest BCUT2D eigenvalue weighted by atomic mass is 9.86. The van der Waals surface area contributed by atoms with E-state index in [4.69, 9.17) is 5.73 Å². The number of nitrogens with two attached hydrogens (primary N) is 1. The van der Waals surface area contributed by atoms with E-state index in [1.807, 2.05) is 0 Å². The molecular weight excluding hydrogens is 274 g/mol. The van der Waals surface area contributed by atoms with Gasteiger partial charge in [-0.15, -0.1) is 11.3 Å².